The summed E-state index contributed by atoms with van der Waals surface area (Å²) in [6.07, 6.45) is 0. The van der Waals surface area contributed by atoms with Crippen molar-refractivity contribution < 1.29 is 24.0 Å². The van der Waals surface area contributed by atoms with Gasteiger partial charge in [0.15, 0.2) is 6.61 Å². The molecule has 0 aliphatic heterocycles. The van der Waals surface area contributed by atoms with E-state index in [4.69, 9.17) is 21.1 Å². The van der Waals surface area contributed by atoms with Crippen molar-refractivity contribution in [2.24, 2.45) is 0 Å². The first-order valence-electron chi connectivity index (χ1n) is 6.96. The Morgan fingerprint density at radius 1 is 1.24 bits per heavy atom. The number of methoxy groups -OCH3 is 1. The van der Waals surface area contributed by atoms with Crippen LogP contribution >= 0.6 is 11.6 Å². The minimum Gasteiger partial charge on any atom is -0.496 e. The van der Waals surface area contributed by atoms with Gasteiger partial charge in [-0.05, 0) is 24.3 Å². The Bertz CT molecular complexity index is 824. The monoisotopic (exact) mass is 364 g/mol. The molecule has 0 saturated heterocycles. The van der Waals surface area contributed by atoms with Crippen molar-refractivity contribution in [1.29, 1.82) is 0 Å². The van der Waals surface area contributed by atoms with Crippen LogP contribution in [0.4, 0.5) is 11.4 Å². The predicted molar refractivity (Wildman–Crippen MR) is 90.0 cm³/mol. The molecule has 0 heterocycles. The predicted octanol–water partition coefficient (Wildman–Crippen LogP) is 3.05. The highest BCUT2D eigenvalue weighted by atomic mass is 35.5. The summed E-state index contributed by atoms with van der Waals surface area (Å²) >= 11 is 5.83. The Morgan fingerprint density at radius 2 is 1.96 bits per heavy atom. The molecule has 25 heavy (non-hydrogen) atoms. The number of hydrogen-bond donors (Lipinski definition) is 1. The maximum Gasteiger partial charge on any atom is 0.342 e. The summed E-state index contributed by atoms with van der Waals surface area (Å²) in [6, 6.07) is 10.0. The summed E-state index contributed by atoms with van der Waals surface area (Å²) in [5.74, 6) is -1.28. The van der Waals surface area contributed by atoms with E-state index in [-0.39, 0.29) is 22.7 Å². The van der Waals surface area contributed by atoms with Crippen LogP contribution in [0.5, 0.6) is 5.75 Å². The van der Waals surface area contributed by atoms with Crippen LogP contribution in [0.2, 0.25) is 5.02 Å². The Hall–Kier alpha value is -3.13. The molecular weight excluding hydrogens is 352 g/mol. The molecule has 0 aromatic heterocycles. The SMILES string of the molecule is COc1ccc(Cl)cc1C(=O)OCC(=O)Nc1ccccc1[N+](=O)[O-]. The van der Waals surface area contributed by atoms with Crippen LogP contribution in [0.1, 0.15) is 10.4 Å². The van der Waals surface area contributed by atoms with Gasteiger partial charge in [0, 0.05) is 11.1 Å². The zero-order valence-corrected chi connectivity index (χ0v) is 13.8. The fourth-order valence-corrected chi connectivity index (χ4v) is 2.15. The molecular formula is C16H13ClN2O6. The average Bonchev–Trinajstić information content (AvgIpc) is 2.60. The summed E-state index contributed by atoms with van der Waals surface area (Å²) in [5.41, 5.74) is -0.193. The molecule has 1 amide bonds. The third kappa shape index (κ3) is 4.67. The Kier molecular flexibility index (Phi) is 5.91. The molecule has 130 valence electrons. The Morgan fingerprint density at radius 3 is 2.64 bits per heavy atom. The number of nitro benzene ring substituents is 1. The van der Waals surface area contributed by atoms with Crippen LogP contribution < -0.4 is 10.1 Å². The van der Waals surface area contributed by atoms with Gasteiger partial charge in [-0.25, -0.2) is 4.79 Å². The van der Waals surface area contributed by atoms with Crippen molar-refractivity contribution >= 4 is 34.9 Å². The minimum absolute atomic E-state index is 0.00823. The lowest BCUT2D eigenvalue weighted by Gasteiger charge is -2.09. The summed E-state index contributed by atoms with van der Waals surface area (Å²) in [6.45, 7) is -0.624. The van der Waals surface area contributed by atoms with E-state index in [1.165, 1.54) is 43.5 Å². The summed E-state index contributed by atoms with van der Waals surface area (Å²) in [7, 11) is 1.38. The van der Waals surface area contributed by atoms with Crippen LogP contribution in [0, 0.1) is 10.1 Å². The normalized spacial score (nSPS) is 10.0. The van der Waals surface area contributed by atoms with Crippen molar-refractivity contribution in [3.63, 3.8) is 0 Å². The van der Waals surface area contributed by atoms with Crippen molar-refractivity contribution in [3.05, 3.63) is 63.2 Å². The maximum atomic E-state index is 12.1. The zero-order chi connectivity index (χ0) is 18.4. The van der Waals surface area contributed by atoms with E-state index < -0.39 is 23.4 Å². The molecule has 0 saturated carbocycles. The van der Waals surface area contributed by atoms with Gasteiger partial charge in [-0.2, -0.15) is 0 Å². The third-order valence-corrected chi connectivity index (χ3v) is 3.33. The van der Waals surface area contributed by atoms with Crippen molar-refractivity contribution in [1.82, 2.24) is 0 Å². The van der Waals surface area contributed by atoms with Gasteiger partial charge in [0.1, 0.15) is 17.0 Å². The quantitative estimate of drug-likeness (QED) is 0.479. The van der Waals surface area contributed by atoms with Crippen LogP contribution in [-0.2, 0) is 9.53 Å². The molecule has 0 bridgehead atoms. The second kappa shape index (κ2) is 8.11. The molecule has 0 unspecified atom stereocenters. The number of nitro groups is 1. The number of amides is 1. The highest BCUT2D eigenvalue weighted by Crippen LogP contribution is 2.24. The van der Waals surface area contributed by atoms with Crippen LogP contribution in [0.25, 0.3) is 0 Å². The number of benzene rings is 2. The molecule has 2 rings (SSSR count). The Balaban J connectivity index is 2.02. The van der Waals surface area contributed by atoms with Crippen molar-refractivity contribution in [2.75, 3.05) is 19.0 Å². The second-order valence-corrected chi connectivity index (χ2v) is 5.18. The summed E-state index contributed by atoms with van der Waals surface area (Å²) in [5, 5.41) is 13.5. The molecule has 9 heteroatoms. The number of carbonyl (C=O) groups excluding carboxylic acids is 2. The van der Waals surface area contributed by atoms with Gasteiger partial charge in [0.25, 0.3) is 11.6 Å². The average molecular weight is 365 g/mol. The topological polar surface area (TPSA) is 108 Å². The van der Waals surface area contributed by atoms with Gasteiger partial charge in [0.2, 0.25) is 0 Å². The standard InChI is InChI=1S/C16H13ClN2O6/c1-24-14-7-6-10(17)8-11(14)16(21)25-9-15(20)18-12-4-2-3-5-13(12)19(22)23/h2-8H,9H2,1H3,(H,18,20). The molecule has 0 atom stereocenters. The molecule has 2 aromatic rings. The molecule has 0 spiro atoms. The van der Waals surface area contributed by atoms with Gasteiger partial charge in [-0.15, -0.1) is 0 Å². The second-order valence-electron chi connectivity index (χ2n) is 4.74. The highest BCUT2D eigenvalue weighted by molar-refractivity contribution is 6.31. The van der Waals surface area contributed by atoms with Gasteiger partial charge in [-0.3, -0.25) is 14.9 Å². The molecule has 8 nitrogen and oxygen atoms in total. The smallest absolute Gasteiger partial charge is 0.342 e. The third-order valence-electron chi connectivity index (χ3n) is 3.09. The first-order valence-corrected chi connectivity index (χ1v) is 7.34. The molecule has 0 aliphatic carbocycles. The first kappa shape index (κ1) is 18.2. The molecule has 0 radical (unpaired) electrons. The maximum absolute atomic E-state index is 12.1. The van der Waals surface area contributed by atoms with E-state index in [1.807, 2.05) is 0 Å². The van der Waals surface area contributed by atoms with Gasteiger partial charge in [-0.1, -0.05) is 23.7 Å². The van der Waals surface area contributed by atoms with Crippen LogP contribution in [0.3, 0.4) is 0 Å². The van der Waals surface area contributed by atoms with Gasteiger partial charge in [0.05, 0.1) is 12.0 Å². The number of anilines is 1. The lowest BCUT2D eigenvalue weighted by molar-refractivity contribution is -0.383. The Labute approximate surface area is 147 Å². The highest BCUT2D eigenvalue weighted by Gasteiger charge is 2.18. The fraction of sp³-hybridized carbons (Fsp3) is 0.125. The van der Waals surface area contributed by atoms with Gasteiger partial charge >= 0.3 is 5.97 Å². The van der Waals surface area contributed by atoms with E-state index in [9.17, 15) is 19.7 Å². The minimum atomic E-state index is -0.808. The molecule has 2 aromatic carbocycles. The molecule has 0 fully saturated rings. The van der Waals surface area contributed by atoms with E-state index >= 15 is 0 Å². The zero-order valence-electron chi connectivity index (χ0n) is 13.0. The number of nitrogens with one attached hydrogen (secondary N) is 1. The number of hydrogen-bond acceptors (Lipinski definition) is 6. The number of carbonyl (C=O) groups is 2. The number of esters is 1. The molecule has 1 N–H and O–H groups in total. The fourth-order valence-electron chi connectivity index (χ4n) is 1.97. The number of ether oxygens (including phenoxy) is 2. The lowest BCUT2D eigenvalue weighted by atomic mass is 10.2. The van der Waals surface area contributed by atoms with Crippen LogP contribution in [0.15, 0.2) is 42.5 Å². The largest absolute Gasteiger partial charge is 0.496 e. The number of para-hydroxylation sites is 2. The number of halogens is 1. The van der Waals surface area contributed by atoms with Gasteiger partial charge < -0.3 is 14.8 Å². The van der Waals surface area contributed by atoms with Crippen molar-refractivity contribution in [3.8, 4) is 5.75 Å². The van der Waals surface area contributed by atoms with E-state index in [1.54, 1.807) is 6.07 Å². The van der Waals surface area contributed by atoms with E-state index in [0.717, 1.165) is 0 Å². The number of rotatable bonds is 6. The summed E-state index contributed by atoms with van der Waals surface area (Å²) in [4.78, 5) is 34.2. The summed E-state index contributed by atoms with van der Waals surface area (Å²) < 4.78 is 9.93. The van der Waals surface area contributed by atoms with E-state index in [2.05, 4.69) is 5.32 Å². The lowest BCUT2D eigenvalue weighted by Crippen LogP contribution is -2.21. The van der Waals surface area contributed by atoms with Crippen LogP contribution in [-0.4, -0.2) is 30.5 Å². The first-order chi connectivity index (χ1) is 11.9. The van der Waals surface area contributed by atoms with Crippen molar-refractivity contribution in [2.45, 2.75) is 0 Å². The van der Waals surface area contributed by atoms with E-state index in [0.29, 0.717) is 5.02 Å². The molecule has 0 aliphatic rings. The number of nitrogens with zero attached hydrogens (tertiary/aromatic N) is 1.